The normalized spacial score (nSPS) is 12.0. The number of H-pyrrole nitrogens is 1. The lowest BCUT2D eigenvalue weighted by Gasteiger charge is -2.10. The number of aryl methyl sites for hydroxylation is 2. The molecule has 6 nitrogen and oxygen atoms in total. The lowest BCUT2D eigenvalue weighted by Crippen LogP contribution is -2.24. The van der Waals surface area contributed by atoms with Crippen LogP contribution in [0.15, 0.2) is 30.3 Å². The first-order valence-electron chi connectivity index (χ1n) is 8.93. The number of rotatable bonds is 6. The Labute approximate surface area is 166 Å². The van der Waals surface area contributed by atoms with Gasteiger partial charge in [-0.3, -0.25) is 9.59 Å². The van der Waals surface area contributed by atoms with Crippen molar-refractivity contribution in [3.63, 3.8) is 0 Å². The minimum atomic E-state index is -0.908. The first kappa shape index (κ1) is 19.8. The molecule has 0 aliphatic heterocycles. The molecule has 2 N–H and O–H groups in total. The first-order valence-corrected chi connectivity index (χ1v) is 9.74. The van der Waals surface area contributed by atoms with Gasteiger partial charge in [-0.15, -0.1) is 11.3 Å². The average molecular weight is 398 g/mol. The molecule has 1 unspecified atom stereocenters. The number of thiophene rings is 1. The van der Waals surface area contributed by atoms with Gasteiger partial charge in [0.25, 0.3) is 0 Å². The summed E-state index contributed by atoms with van der Waals surface area (Å²) in [4.78, 5) is 40.5. The van der Waals surface area contributed by atoms with Crippen LogP contribution in [0.2, 0.25) is 0 Å². The molecule has 0 saturated heterocycles. The highest BCUT2D eigenvalue weighted by molar-refractivity contribution is 7.14. The third kappa shape index (κ3) is 4.31. The average Bonchev–Trinajstić information content (AvgIpc) is 3.26. The number of ether oxygens (including phenoxy) is 1. The van der Waals surface area contributed by atoms with Crippen LogP contribution in [-0.2, 0) is 16.1 Å². The fraction of sp³-hybridized carbons (Fsp3) is 0.286. The minimum Gasteiger partial charge on any atom is -0.450 e. The van der Waals surface area contributed by atoms with Gasteiger partial charge in [0.1, 0.15) is 5.69 Å². The van der Waals surface area contributed by atoms with E-state index < -0.39 is 12.1 Å². The number of carbonyl (C=O) groups is 3. The number of amides is 1. The Bertz CT molecular complexity index is 1060. The number of aromatic amines is 1. The lowest BCUT2D eigenvalue weighted by atomic mass is 10.1. The molecule has 0 fully saturated rings. The van der Waals surface area contributed by atoms with E-state index in [2.05, 4.69) is 10.3 Å². The van der Waals surface area contributed by atoms with Crippen LogP contribution >= 0.6 is 11.3 Å². The van der Waals surface area contributed by atoms with Gasteiger partial charge in [0.05, 0.1) is 11.4 Å². The Hall–Kier alpha value is -2.93. The van der Waals surface area contributed by atoms with Crippen LogP contribution in [0.1, 0.15) is 50.0 Å². The molecule has 0 bridgehead atoms. The highest BCUT2D eigenvalue weighted by Crippen LogP contribution is 2.23. The molecule has 2 aromatic heterocycles. The monoisotopic (exact) mass is 398 g/mol. The SMILES string of the molecule is CC(=O)NCc1ccc(C(=O)C(C)OC(=O)c2cc3c(C)cc(C)cc3[nH]2)s1. The summed E-state index contributed by atoms with van der Waals surface area (Å²) in [6.07, 6.45) is -0.908. The smallest absolute Gasteiger partial charge is 0.355 e. The van der Waals surface area contributed by atoms with Gasteiger partial charge in [-0.1, -0.05) is 6.07 Å². The van der Waals surface area contributed by atoms with E-state index in [1.54, 1.807) is 25.1 Å². The zero-order valence-electron chi connectivity index (χ0n) is 16.2. The molecule has 3 aromatic rings. The molecule has 0 spiro atoms. The number of ketones is 1. The zero-order chi connectivity index (χ0) is 20.4. The van der Waals surface area contributed by atoms with Gasteiger partial charge >= 0.3 is 5.97 Å². The number of hydrogen-bond acceptors (Lipinski definition) is 5. The Morgan fingerprint density at radius 2 is 1.93 bits per heavy atom. The molecule has 7 heteroatoms. The van der Waals surface area contributed by atoms with Crippen molar-refractivity contribution < 1.29 is 19.1 Å². The number of nitrogens with one attached hydrogen (secondary N) is 2. The second-order valence-corrected chi connectivity index (χ2v) is 7.98. The number of esters is 1. The van der Waals surface area contributed by atoms with Crippen LogP contribution in [0.25, 0.3) is 10.9 Å². The van der Waals surface area contributed by atoms with E-state index in [9.17, 15) is 14.4 Å². The summed E-state index contributed by atoms with van der Waals surface area (Å²) < 4.78 is 5.38. The van der Waals surface area contributed by atoms with Gasteiger partial charge in [-0.25, -0.2) is 4.79 Å². The van der Waals surface area contributed by atoms with Crippen LogP contribution in [0, 0.1) is 13.8 Å². The topological polar surface area (TPSA) is 88.3 Å². The van der Waals surface area contributed by atoms with E-state index in [1.807, 2.05) is 26.0 Å². The number of benzene rings is 1. The molecule has 146 valence electrons. The van der Waals surface area contributed by atoms with Gasteiger partial charge < -0.3 is 15.0 Å². The molecule has 1 atom stereocenters. The van der Waals surface area contributed by atoms with Gasteiger partial charge in [0.2, 0.25) is 11.7 Å². The predicted octanol–water partition coefficient (Wildman–Crippen LogP) is 3.91. The third-order valence-corrected chi connectivity index (χ3v) is 5.48. The molecular weight excluding hydrogens is 376 g/mol. The highest BCUT2D eigenvalue weighted by Gasteiger charge is 2.23. The summed E-state index contributed by atoms with van der Waals surface area (Å²) in [6, 6.07) is 9.23. The molecular formula is C21H22N2O4S. The van der Waals surface area contributed by atoms with Gasteiger partial charge in [-0.2, -0.15) is 0 Å². The van der Waals surface area contributed by atoms with E-state index in [0.29, 0.717) is 17.1 Å². The minimum absolute atomic E-state index is 0.132. The summed E-state index contributed by atoms with van der Waals surface area (Å²) in [6.45, 7) is 7.35. The van der Waals surface area contributed by atoms with E-state index in [-0.39, 0.29) is 11.7 Å². The quantitative estimate of drug-likeness (QED) is 0.487. The Balaban J connectivity index is 1.69. The lowest BCUT2D eigenvalue weighted by molar-refractivity contribution is -0.119. The van der Waals surface area contributed by atoms with Crippen molar-refractivity contribution in [2.75, 3.05) is 0 Å². The standard InChI is InChI=1S/C21H22N2O4S/c1-11-7-12(2)16-9-18(23-17(16)8-11)21(26)27-13(3)20(25)19-6-5-15(28-19)10-22-14(4)24/h5-9,13,23H,10H2,1-4H3,(H,22,24). The maximum atomic E-state index is 12.6. The summed E-state index contributed by atoms with van der Waals surface area (Å²) >= 11 is 1.28. The van der Waals surface area contributed by atoms with Crippen LogP contribution in [-0.4, -0.2) is 28.7 Å². The summed E-state index contributed by atoms with van der Waals surface area (Å²) in [7, 11) is 0. The predicted molar refractivity (Wildman–Crippen MR) is 109 cm³/mol. The number of Topliss-reactive ketones (excluding diaryl/α,β-unsaturated/α-hetero) is 1. The molecule has 0 aliphatic carbocycles. The molecule has 1 amide bonds. The molecule has 0 saturated carbocycles. The van der Waals surface area contributed by atoms with Crippen molar-refractivity contribution in [2.24, 2.45) is 0 Å². The number of hydrogen-bond donors (Lipinski definition) is 2. The Kier molecular flexibility index (Phi) is 5.65. The van der Waals surface area contributed by atoms with Crippen molar-refractivity contribution >= 4 is 39.9 Å². The van der Waals surface area contributed by atoms with Crippen molar-refractivity contribution in [3.05, 3.63) is 56.9 Å². The van der Waals surface area contributed by atoms with Crippen LogP contribution in [0.3, 0.4) is 0 Å². The van der Waals surface area contributed by atoms with E-state index in [0.717, 1.165) is 26.9 Å². The second-order valence-electron chi connectivity index (χ2n) is 6.81. The maximum Gasteiger partial charge on any atom is 0.355 e. The van der Waals surface area contributed by atoms with Crippen LogP contribution in [0.5, 0.6) is 0 Å². The van der Waals surface area contributed by atoms with Crippen molar-refractivity contribution in [2.45, 2.75) is 40.3 Å². The molecule has 0 radical (unpaired) electrons. The van der Waals surface area contributed by atoms with Gasteiger partial charge in [-0.05, 0) is 56.2 Å². The highest BCUT2D eigenvalue weighted by atomic mass is 32.1. The molecule has 3 rings (SSSR count). The fourth-order valence-corrected chi connectivity index (χ4v) is 3.97. The van der Waals surface area contributed by atoms with Crippen LogP contribution in [0.4, 0.5) is 0 Å². The van der Waals surface area contributed by atoms with Crippen molar-refractivity contribution in [1.29, 1.82) is 0 Å². The van der Waals surface area contributed by atoms with Crippen LogP contribution < -0.4 is 5.32 Å². The molecule has 2 heterocycles. The Morgan fingerprint density at radius 1 is 1.18 bits per heavy atom. The number of fused-ring (bicyclic) bond motifs is 1. The number of aromatic nitrogens is 1. The summed E-state index contributed by atoms with van der Waals surface area (Å²) in [5, 5.41) is 3.64. The van der Waals surface area contributed by atoms with Crippen molar-refractivity contribution in [3.8, 4) is 0 Å². The summed E-state index contributed by atoms with van der Waals surface area (Å²) in [5.74, 6) is -0.966. The second kappa shape index (κ2) is 7.98. The van der Waals surface area contributed by atoms with E-state index in [4.69, 9.17) is 4.74 Å². The molecule has 1 aromatic carbocycles. The van der Waals surface area contributed by atoms with Gasteiger partial charge in [0, 0.05) is 22.7 Å². The fourth-order valence-electron chi connectivity index (χ4n) is 3.00. The number of carbonyl (C=O) groups excluding carboxylic acids is 3. The maximum absolute atomic E-state index is 12.6. The molecule has 28 heavy (non-hydrogen) atoms. The van der Waals surface area contributed by atoms with E-state index in [1.165, 1.54) is 18.3 Å². The molecule has 0 aliphatic rings. The van der Waals surface area contributed by atoms with Gasteiger partial charge in [0.15, 0.2) is 6.10 Å². The third-order valence-electron chi connectivity index (χ3n) is 4.38. The zero-order valence-corrected chi connectivity index (χ0v) is 17.0. The Morgan fingerprint density at radius 3 is 2.64 bits per heavy atom. The van der Waals surface area contributed by atoms with Crippen molar-refractivity contribution in [1.82, 2.24) is 10.3 Å². The van der Waals surface area contributed by atoms with E-state index >= 15 is 0 Å². The largest absolute Gasteiger partial charge is 0.450 e. The first-order chi connectivity index (χ1) is 13.2. The summed E-state index contributed by atoms with van der Waals surface area (Å²) in [5.41, 5.74) is 3.35.